The van der Waals surface area contributed by atoms with E-state index in [1.54, 1.807) is 0 Å². The van der Waals surface area contributed by atoms with Gasteiger partial charge in [-0.05, 0) is 82.4 Å². The summed E-state index contributed by atoms with van der Waals surface area (Å²) in [6.07, 6.45) is 9.95. The molecular weight excluding hydrogens is 621 g/mol. The molecule has 0 spiro atoms. The van der Waals surface area contributed by atoms with E-state index in [1.807, 2.05) is 6.08 Å². The molecule has 8 nitrogen and oxygen atoms in total. The van der Waals surface area contributed by atoms with Crippen LogP contribution in [0.1, 0.15) is 72.6 Å². The van der Waals surface area contributed by atoms with E-state index in [1.165, 1.54) is 11.1 Å². The van der Waals surface area contributed by atoms with E-state index >= 15 is 0 Å². The number of hydrogen-bond acceptors (Lipinski definition) is 8. The van der Waals surface area contributed by atoms with Crippen LogP contribution < -0.4 is 14.7 Å². The SMILES string of the molecule is CCN(CC)c1ccc(N(C)C)c(N2CCN(CC(=O)[C@@]3(O)CC[C@H]4[C@@H]5CCC6=CC(=O)CC[C@]6(C)C5=CC[C@@]43C)CC2)n1.Cl.Cl. The number of allylic oxidation sites excluding steroid dienone is 4. The smallest absolute Gasteiger partial charge is 0.178 e. The zero-order chi connectivity index (χ0) is 31.4. The van der Waals surface area contributed by atoms with Gasteiger partial charge in [-0.3, -0.25) is 14.5 Å². The van der Waals surface area contributed by atoms with Crippen LogP contribution in [-0.2, 0) is 9.59 Å². The van der Waals surface area contributed by atoms with Gasteiger partial charge in [0.25, 0.3) is 0 Å². The Balaban J connectivity index is 0.00000240. The summed E-state index contributed by atoms with van der Waals surface area (Å²) in [6.45, 7) is 14.1. The zero-order valence-corrected chi connectivity index (χ0v) is 30.3. The Bertz CT molecular complexity index is 1370. The number of piperazine rings is 1. The van der Waals surface area contributed by atoms with Gasteiger partial charge in [-0.15, -0.1) is 24.8 Å². The molecular formula is C36H55Cl2N5O3. The van der Waals surface area contributed by atoms with Crippen molar-refractivity contribution < 1.29 is 14.7 Å². The monoisotopic (exact) mass is 675 g/mol. The number of rotatable bonds is 8. The van der Waals surface area contributed by atoms with Gasteiger partial charge in [-0.1, -0.05) is 31.1 Å². The molecule has 5 aliphatic rings. The van der Waals surface area contributed by atoms with Gasteiger partial charge < -0.3 is 19.8 Å². The average Bonchev–Trinajstić information content (AvgIpc) is 3.29. The molecule has 46 heavy (non-hydrogen) atoms. The molecule has 1 N–H and O–H groups in total. The number of Topliss-reactive ketones (excluding diaryl/α,β-unsaturated/α-hetero) is 1. The molecule has 5 atom stereocenters. The lowest BCUT2D eigenvalue weighted by Crippen LogP contribution is -2.58. The average molecular weight is 677 g/mol. The zero-order valence-electron chi connectivity index (χ0n) is 28.7. The molecule has 0 radical (unpaired) electrons. The molecule has 6 rings (SSSR count). The van der Waals surface area contributed by atoms with Crippen molar-refractivity contribution in [3.8, 4) is 0 Å². The van der Waals surface area contributed by atoms with Crippen LogP contribution in [0.4, 0.5) is 17.3 Å². The Hall–Kier alpha value is -2.13. The van der Waals surface area contributed by atoms with Crippen molar-refractivity contribution in [2.24, 2.45) is 22.7 Å². The second-order valence-electron chi connectivity index (χ2n) is 14.7. The van der Waals surface area contributed by atoms with Crippen molar-refractivity contribution in [1.82, 2.24) is 9.88 Å². The van der Waals surface area contributed by atoms with Crippen molar-refractivity contribution in [2.75, 3.05) is 74.6 Å². The molecule has 2 heterocycles. The number of carbonyl (C=O) groups excluding carboxylic acids is 2. The summed E-state index contributed by atoms with van der Waals surface area (Å²) < 4.78 is 0. The molecule has 4 aliphatic carbocycles. The van der Waals surface area contributed by atoms with Gasteiger partial charge in [0, 0.05) is 70.6 Å². The van der Waals surface area contributed by atoms with E-state index in [4.69, 9.17) is 4.98 Å². The van der Waals surface area contributed by atoms with Crippen molar-refractivity contribution in [2.45, 2.75) is 78.2 Å². The Labute approximate surface area is 288 Å². The van der Waals surface area contributed by atoms with E-state index in [0.717, 1.165) is 88.7 Å². The van der Waals surface area contributed by atoms with Crippen molar-refractivity contribution >= 4 is 53.7 Å². The third-order valence-corrected chi connectivity index (χ3v) is 12.4. The lowest BCUT2D eigenvalue weighted by atomic mass is 9.50. The first-order valence-corrected chi connectivity index (χ1v) is 17.1. The molecule has 1 saturated heterocycles. The van der Waals surface area contributed by atoms with E-state index in [2.05, 4.69) is 79.6 Å². The van der Waals surface area contributed by atoms with Crippen LogP contribution in [0.15, 0.2) is 35.4 Å². The molecule has 1 aliphatic heterocycles. The fourth-order valence-corrected chi connectivity index (χ4v) is 9.52. The second kappa shape index (κ2) is 13.8. The Morgan fingerprint density at radius 1 is 1.02 bits per heavy atom. The van der Waals surface area contributed by atoms with Crippen LogP contribution in [0.3, 0.4) is 0 Å². The fourth-order valence-electron chi connectivity index (χ4n) is 9.52. The quantitative estimate of drug-likeness (QED) is 0.351. The number of anilines is 3. The van der Waals surface area contributed by atoms with Crippen LogP contribution in [-0.4, -0.2) is 92.1 Å². The number of hydrogen-bond donors (Lipinski definition) is 1. The summed E-state index contributed by atoms with van der Waals surface area (Å²) in [5.41, 5.74) is 2.11. The van der Waals surface area contributed by atoms with Crippen LogP contribution in [0, 0.1) is 22.7 Å². The lowest BCUT2D eigenvalue weighted by molar-refractivity contribution is -0.154. The number of nitrogens with zero attached hydrogens (tertiary/aromatic N) is 5. The second-order valence-corrected chi connectivity index (χ2v) is 14.7. The molecule has 3 fully saturated rings. The first-order valence-electron chi connectivity index (χ1n) is 17.1. The minimum atomic E-state index is -1.30. The van der Waals surface area contributed by atoms with Gasteiger partial charge in [0.05, 0.1) is 12.2 Å². The number of aromatic nitrogens is 1. The lowest BCUT2D eigenvalue weighted by Gasteiger charge is -2.54. The minimum Gasteiger partial charge on any atom is -0.381 e. The first-order chi connectivity index (χ1) is 20.9. The summed E-state index contributed by atoms with van der Waals surface area (Å²) in [7, 11) is 4.12. The largest absolute Gasteiger partial charge is 0.381 e. The fraction of sp³-hybridized carbons (Fsp3) is 0.694. The molecule has 256 valence electrons. The van der Waals surface area contributed by atoms with Gasteiger partial charge in [-0.2, -0.15) is 0 Å². The number of pyridine rings is 1. The molecule has 0 bridgehead atoms. The van der Waals surface area contributed by atoms with Crippen LogP contribution in [0.5, 0.6) is 0 Å². The number of carbonyl (C=O) groups is 2. The van der Waals surface area contributed by atoms with Crippen molar-refractivity contribution in [1.29, 1.82) is 0 Å². The van der Waals surface area contributed by atoms with Gasteiger partial charge in [0.15, 0.2) is 17.4 Å². The number of halogens is 2. The van der Waals surface area contributed by atoms with Crippen LogP contribution in [0.25, 0.3) is 0 Å². The summed E-state index contributed by atoms with van der Waals surface area (Å²) in [4.78, 5) is 40.3. The molecule has 1 aromatic heterocycles. The highest BCUT2D eigenvalue weighted by atomic mass is 35.5. The predicted molar refractivity (Wildman–Crippen MR) is 192 cm³/mol. The van der Waals surface area contributed by atoms with Gasteiger partial charge >= 0.3 is 0 Å². The summed E-state index contributed by atoms with van der Waals surface area (Å²) in [5, 5.41) is 12.2. The maximum absolute atomic E-state index is 14.1. The minimum absolute atomic E-state index is 0. The van der Waals surface area contributed by atoms with E-state index in [9.17, 15) is 14.7 Å². The normalized spacial score (nSPS) is 32.2. The number of ketones is 2. The summed E-state index contributed by atoms with van der Waals surface area (Å²) in [6, 6.07) is 4.28. The highest BCUT2D eigenvalue weighted by Crippen LogP contribution is 2.65. The highest BCUT2D eigenvalue weighted by Gasteiger charge is 2.64. The molecule has 2 saturated carbocycles. The van der Waals surface area contributed by atoms with Gasteiger partial charge in [0.1, 0.15) is 11.4 Å². The topological polar surface area (TPSA) is 80.2 Å². The molecule has 0 amide bonds. The maximum Gasteiger partial charge on any atom is 0.178 e. The van der Waals surface area contributed by atoms with Crippen LogP contribution >= 0.6 is 24.8 Å². The summed E-state index contributed by atoms with van der Waals surface area (Å²) >= 11 is 0. The maximum atomic E-state index is 14.1. The van der Waals surface area contributed by atoms with E-state index < -0.39 is 11.0 Å². The van der Waals surface area contributed by atoms with E-state index in [0.29, 0.717) is 31.2 Å². The molecule has 1 aromatic rings. The van der Waals surface area contributed by atoms with Crippen molar-refractivity contribution in [3.63, 3.8) is 0 Å². The summed E-state index contributed by atoms with van der Waals surface area (Å²) in [5.74, 6) is 2.95. The molecule has 0 aromatic carbocycles. The van der Waals surface area contributed by atoms with Crippen LogP contribution in [0.2, 0.25) is 0 Å². The third kappa shape index (κ3) is 5.90. The third-order valence-electron chi connectivity index (χ3n) is 12.4. The van der Waals surface area contributed by atoms with E-state index in [-0.39, 0.29) is 41.8 Å². The van der Waals surface area contributed by atoms with Gasteiger partial charge in [-0.25, -0.2) is 4.98 Å². The standard InChI is InChI=1S/C36H53N5O3.2ClH/c1-7-40(8-2)32-12-11-30(38(5)6)33(37-32)41-21-19-39(20-22-41)24-31(43)36(44)18-15-29-27-10-9-25-23-26(42)13-16-34(25,3)28(27)14-17-35(29,36)4;;/h11-12,14,23,27,29,44H,7-10,13,15-22,24H2,1-6H3;2*1H/t27-,29+,34+,35+,36+;;/m1../s1. The van der Waals surface area contributed by atoms with Crippen molar-refractivity contribution in [3.05, 3.63) is 35.4 Å². The molecule has 0 unspecified atom stereocenters. The van der Waals surface area contributed by atoms with Gasteiger partial charge in [0.2, 0.25) is 0 Å². The number of aliphatic hydroxyl groups is 1. The predicted octanol–water partition coefficient (Wildman–Crippen LogP) is 5.71. The Morgan fingerprint density at radius 2 is 1.72 bits per heavy atom. The first kappa shape index (κ1) is 36.7. The Morgan fingerprint density at radius 3 is 2.37 bits per heavy atom. The number of fused-ring (bicyclic) bond motifs is 5. The highest BCUT2D eigenvalue weighted by molar-refractivity contribution is 5.92. The molecule has 10 heteroatoms. The Kier molecular flexibility index (Phi) is 11.0.